The molecule has 0 atom stereocenters. The maximum absolute atomic E-state index is 13.6. The van der Waals surface area contributed by atoms with E-state index in [1.807, 2.05) is 37.4 Å². The largest absolute Gasteiger partial charge is 0.278 e. The maximum atomic E-state index is 13.6. The van der Waals surface area contributed by atoms with E-state index in [-0.39, 0.29) is 5.82 Å². The number of halogens is 1. The van der Waals surface area contributed by atoms with E-state index < -0.39 is 0 Å². The van der Waals surface area contributed by atoms with Crippen LogP contribution in [0.25, 0.3) is 33.3 Å². The number of hydrogen-bond donors (Lipinski definition) is 1. The van der Waals surface area contributed by atoms with Gasteiger partial charge in [-0.3, -0.25) is 10.1 Å². The molecule has 0 saturated carbocycles. The Morgan fingerprint density at radius 3 is 2.58 bits per heavy atom. The fourth-order valence-electron chi connectivity index (χ4n) is 2.91. The summed E-state index contributed by atoms with van der Waals surface area (Å²) in [6.45, 7) is 3.73. The summed E-state index contributed by atoms with van der Waals surface area (Å²) in [5.74, 6) is -0.201. The van der Waals surface area contributed by atoms with Crippen LogP contribution in [0.5, 0.6) is 0 Å². The summed E-state index contributed by atoms with van der Waals surface area (Å²) < 4.78 is 13.6. The number of aromatic amines is 1. The number of H-pyrrole nitrogens is 1. The molecule has 0 bridgehead atoms. The van der Waals surface area contributed by atoms with Crippen LogP contribution < -0.4 is 0 Å². The van der Waals surface area contributed by atoms with Gasteiger partial charge in [0.2, 0.25) is 0 Å². The fourth-order valence-corrected chi connectivity index (χ4v) is 2.91. The summed E-state index contributed by atoms with van der Waals surface area (Å²) in [4.78, 5) is 4.71. The van der Waals surface area contributed by atoms with Crippen LogP contribution in [-0.4, -0.2) is 15.2 Å². The summed E-state index contributed by atoms with van der Waals surface area (Å²) in [5, 5.41) is 8.08. The van der Waals surface area contributed by atoms with Crippen molar-refractivity contribution in [3.63, 3.8) is 0 Å². The fraction of sp³-hybridized carbons (Fsp3) is 0.100. The minimum Gasteiger partial charge on any atom is -0.278 e. The zero-order chi connectivity index (χ0) is 16.7. The maximum Gasteiger partial charge on any atom is 0.126 e. The molecule has 4 aromatic rings. The SMILES string of the molecule is Cc1ccc(-c2ccc3[nH]ncc3c2)c(-c2ccc(F)c(C)c2)n1. The van der Waals surface area contributed by atoms with Crippen molar-refractivity contribution in [2.75, 3.05) is 0 Å². The first-order chi connectivity index (χ1) is 11.6. The van der Waals surface area contributed by atoms with Gasteiger partial charge in [-0.05, 0) is 61.4 Å². The Hall–Kier alpha value is -3.01. The van der Waals surface area contributed by atoms with E-state index in [9.17, 15) is 4.39 Å². The molecule has 0 aliphatic carbocycles. The normalized spacial score (nSPS) is 11.1. The van der Waals surface area contributed by atoms with Gasteiger partial charge in [-0.25, -0.2) is 4.39 Å². The van der Waals surface area contributed by atoms with Crippen molar-refractivity contribution in [2.45, 2.75) is 13.8 Å². The van der Waals surface area contributed by atoms with Crippen LogP contribution in [0, 0.1) is 19.7 Å². The van der Waals surface area contributed by atoms with E-state index in [0.717, 1.165) is 39.0 Å². The summed E-state index contributed by atoms with van der Waals surface area (Å²) >= 11 is 0. The second-order valence-corrected chi connectivity index (χ2v) is 5.98. The Morgan fingerprint density at radius 1 is 0.917 bits per heavy atom. The lowest BCUT2D eigenvalue weighted by atomic mass is 9.97. The van der Waals surface area contributed by atoms with Crippen molar-refractivity contribution in [1.29, 1.82) is 0 Å². The van der Waals surface area contributed by atoms with Gasteiger partial charge in [0.1, 0.15) is 5.82 Å². The van der Waals surface area contributed by atoms with E-state index in [1.54, 1.807) is 13.0 Å². The summed E-state index contributed by atoms with van der Waals surface area (Å²) in [7, 11) is 0. The summed E-state index contributed by atoms with van der Waals surface area (Å²) in [6, 6.07) is 15.3. The first-order valence-corrected chi connectivity index (χ1v) is 7.79. The Labute approximate surface area is 139 Å². The lowest BCUT2D eigenvalue weighted by molar-refractivity contribution is 0.619. The van der Waals surface area contributed by atoms with Crippen LogP contribution in [0.3, 0.4) is 0 Å². The van der Waals surface area contributed by atoms with Gasteiger partial charge in [-0.1, -0.05) is 12.1 Å². The Balaban J connectivity index is 1.93. The highest BCUT2D eigenvalue weighted by atomic mass is 19.1. The number of aryl methyl sites for hydroxylation is 2. The molecule has 0 aliphatic rings. The number of nitrogens with one attached hydrogen (secondary N) is 1. The molecule has 0 spiro atoms. The standard InChI is InChI=1S/C20H16FN3/c1-12-9-15(4-7-18(12)21)20-17(6-3-13(2)23-20)14-5-8-19-16(10-14)11-22-24-19/h3-11H,1-2H3,(H,22,24). The van der Waals surface area contributed by atoms with E-state index >= 15 is 0 Å². The van der Waals surface area contributed by atoms with Crippen LogP contribution >= 0.6 is 0 Å². The number of pyridine rings is 1. The number of hydrogen-bond acceptors (Lipinski definition) is 2. The topological polar surface area (TPSA) is 41.6 Å². The van der Waals surface area contributed by atoms with E-state index in [0.29, 0.717) is 5.56 Å². The van der Waals surface area contributed by atoms with Crippen molar-refractivity contribution in [3.05, 3.63) is 71.8 Å². The highest BCUT2D eigenvalue weighted by molar-refractivity contribution is 5.88. The van der Waals surface area contributed by atoms with E-state index in [2.05, 4.69) is 22.3 Å². The van der Waals surface area contributed by atoms with Crippen LogP contribution in [-0.2, 0) is 0 Å². The quantitative estimate of drug-likeness (QED) is 0.562. The number of aromatic nitrogens is 3. The molecule has 0 aliphatic heterocycles. The van der Waals surface area contributed by atoms with Gasteiger partial charge in [0, 0.05) is 22.2 Å². The average Bonchev–Trinajstić information content (AvgIpc) is 3.05. The van der Waals surface area contributed by atoms with E-state index in [4.69, 9.17) is 4.98 Å². The number of benzene rings is 2. The van der Waals surface area contributed by atoms with Crippen molar-refractivity contribution in [2.24, 2.45) is 0 Å². The molecule has 2 aromatic carbocycles. The minimum absolute atomic E-state index is 0.201. The van der Waals surface area contributed by atoms with Gasteiger partial charge >= 0.3 is 0 Å². The molecule has 118 valence electrons. The smallest absolute Gasteiger partial charge is 0.126 e. The Bertz CT molecular complexity index is 1050. The molecule has 4 rings (SSSR count). The second-order valence-electron chi connectivity index (χ2n) is 5.98. The molecular formula is C20H16FN3. The molecule has 0 amide bonds. The molecule has 1 N–H and O–H groups in total. The van der Waals surface area contributed by atoms with Crippen molar-refractivity contribution >= 4 is 10.9 Å². The molecule has 0 fully saturated rings. The molecule has 2 heterocycles. The van der Waals surface area contributed by atoms with Crippen molar-refractivity contribution < 1.29 is 4.39 Å². The summed E-state index contributed by atoms with van der Waals surface area (Å²) in [6.07, 6.45) is 1.81. The van der Waals surface area contributed by atoms with E-state index in [1.165, 1.54) is 6.07 Å². The minimum atomic E-state index is -0.201. The highest BCUT2D eigenvalue weighted by Gasteiger charge is 2.12. The molecule has 2 aromatic heterocycles. The monoisotopic (exact) mass is 317 g/mol. The van der Waals surface area contributed by atoms with Gasteiger partial charge in [-0.15, -0.1) is 0 Å². The van der Waals surface area contributed by atoms with Crippen LogP contribution in [0.1, 0.15) is 11.3 Å². The van der Waals surface area contributed by atoms with Crippen LogP contribution in [0.15, 0.2) is 54.7 Å². The summed E-state index contributed by atoms with van der Waals surface area (Å²) in [5.41, 5.74) is 6.41. The van der Waals surface area contributed by atoms with Gasteiger partial charge in [0.05, 0.1) is 17.4 Å². The molecule has 0 unspecified atom stereocenters. The lowest BCUT2D eigenvalue weighted by Gasteiger charge is -2.11. The molecule has 4 heteroatoms. The molecular weight excluding hydrogens is 301 g/mol. The second kappa shape index (κ2) is 5.57. The lowest BCUT2D eigenvalue weighted by Crippen LogP contribution is -1.93. The molecule has 0 saturated heterocycles. The third-order valence-electron chi connectivity index (χ3n) is 4.22. The van der Waals surface area contributed by atoms with Crippen LogP contribution in [0.2, 0.25) is 0 Å². The first-order valence-electron chi connectivity index (χ1n) is 7.79. The first kappa shape index (κ1) is 14.6. The third-order valence-corrected chi connectivity index (χ3v) is 4.22. The predicted octanol–water partition coefficient (Wildman–Crippen LogP) is 5.05. The predicted molar refractivity (Wildman–Crippen MR) is 94.2 cm³/mol. The molecule has 3 nitrogen and oxygen atoms in total. The number of nitrogens with zero attached hydrogens (tertiary/aromatic N) is 2. The number of fused-ring (bicyclic) bond motifs is 1. The van der Waals surface area contributed by atoms with Crippen LogP contribution in [0.4, 0.5) is 4.39 Å². The van der Waals surface area contributed by atoms with Gasteiger partial charge in [-0.2, -0.15) is 5.10 Å². The Kier molecular flexibility index (Phi) is 3.38. The third kappa shape index (κ3) is 2.46. The van der Waals surface area contributed by atoms with Gasteiger partial charge in [0.15, 0.2) is 0 Å². The van der Waals surface area contributed by atoms with Crippen molar-refractivity contribution in [3.8, 4) is 22.4 Å². The van der Waals surface area contributed by atoms with Gasteiger partial charge < -0.3 is 0 Å². The highest BCUT2D eigenvalue weighted by Crippen LogP contribution is 2.33. The van der Waals surface area contributed by atoms with Gasteiger partial charge in [0.25, 0.3) is 0 Å². The average molecular weight is 317 g/mol. The van der Waals surface area contributed by atoms with Crippen molar-refractivity contribution in [1.82, 2.24) is 15.2 Å². The molecule has 24 heavy (non-hydrogen) atoms. The molecule has 0 radical (unpaired) electrons. The number of rotatable bonds is 2. The zero-order valence-electron chi connectivity index (χ0n) is 13.5. The zero-order valence-corrected chi connectivity index (χ0v) is 13.5. The Morgan fingerprint density at radius 2 is 1.75 bits per heavy atom.